The van der Waals surface area contributed by atoms with Gasteiger partial charge in [0.05, 0.1) is 46.0 Å². The Hall–Kier alpha value is -4.74. The molecule has 6 aromatic heterocycles. The average molecular weight is 984 g/mol. The van der Waals surface area contributed by atoms with E-state index in [0.29, 0.717) is 0 Å². The van der Waals surface area contributed by atoms with Gasteiger partial charge in [-0.25, -0.2) is 0 Å². The first-order valence-electron chi connectivity index (χ1n) is 16.0. The number of nitrogens with zero attached hydrogens (tertiary/aromatic N) is 6. The molecular weight excluding hydrogens is 950 g/mol. The molecule has 60 heavy (non-hydrogen) atoms. The van der Waals surface area contributed by atoms with Crippen molar-refractivity contribution in [2.75, 3.05) is 0 Å². The summed E-state index contributed by atoms with van der Waals surface area (Å²) in [5.74, 6) is -0.275. The minimum Gasteiger partial charge on any atom is -0.412 e. The summed E-state index contributed by atoms with van der Waals surface area (Å²) in [4.78, 5) is 28.7. The van der Waals surface area contributed by atoms with Gasteiger partial charge in [-0.15, -0.1) is 0 Å². The fourth-order valence-corrected chi connectivity index (χ4v) is 4.95. The summed E-state index contributed by atoms with van der Waals surface area (Å²) in [6, 6.07) is 36.2. The Bertz CT molecular complexity index is 2140. The monoisotopic (exact) mass is 982 g/mol. The zero-order valence-electron chi connectivity index (χ0n) is 30.2. The molecule has 0 aliphatic heterocycles. The number of rotatable bonds is 9. The maximum atomic E-state index is 10.7. The number of aromatic nitrogens is 6. The summed E-state index contributed by atoms with van der Waals surface area (Å²) in [6.45, 7) is 0. The Kier molecular flexibility index (Phi) is 22.6. The molecular formula is C36H34Cu2F6N6O8S2. The van der Waals surface area contributed by atoms with Gasteiger partial charge in [0.25, 0.3) is 0 Å². The van der Waals surface area contributed by atoms with Gasteiger partial charge in [0.1, 0.15) is 0 Å². The van der Waals surface area contributed by atoms with Gasteiger partial charge in [0.15, 0.2) is 0 Å². The Balaban J connectivity index is 0.00000149. The Morgan fingerprint density at radius 3 is 0.867 bits per heavy atom. The second kappa shape index (κ2) is 24.5. The molecule has 0 aromatic carbocycles. The second-order valence-corrected chi connectivity index (χ2v) is 14.2. The van der Waals surface area contributed by atoms with Crippen molar-refractivity contribution < 1.29 is 97.4 Å². The molecule has 332 valence electrons. The SMILES string of the molecule is O.O.O=S(=O)(O)C(F)(F)F.O=S(=O)(O)C(F)(F)F.[Cu].[Cu].c1ccc(C(c2ccccn2)c2cccc(CCc3cccc(C(c4ccccn4)c4ccccn4)n3)n2)nc1. The Morgan fingerprint density at radius 1 is 0.433 bits per heavy atom. The van der Waals surface area contributed by atoms with Crippen LogP contribution in [0.15, 0.2) is 134 Å². The van der Waals surface area contributed by atoms with Gasteiger partial charge < -0.3 is 11.0 Å². The van der Waals surface area contributed by atoms with E-state index in [0.717, 1.165) is 58.4 Å². The van der Waals surface area contributed by atoms with E-state index < -0.39 is 31.3 Å². The summed E-state index contributed by atoms with van der Waals surface area (Å²) >= 11 is 0. The van der Waals surface area contributed by atoms with Gasteiger partial charge in [-0.2, -0.15) is 43.2 Å². The topological polar surface area (TPSA) is 249 Å². The van der Waals surface area contributed by atoms with Crippen LogP contribution >= 0.6 is 0 Å². The van der Waals surface area contributed by atoms with Gasteiger partial charge in [-0.3, -0.25) is 39.0 Å². The molecule has 0 atom stereocenters. The van der Waals surface area contributed by atoms with Crippen LogP contribution in [0.5, 0.6) is 0 Å². The maximum absolute atomic E-state index is 10.7. The van der Waals surface area contributed by atoms with Crippen LogP contribution in [0.3, 0.4) is 0 Å². The fourth-order valence-electron chi connectivity index (χ4n) is 4.95. The first kappa shape index (κ1) is 55.3. The van der Waals surface area contributed by atoms with Crippen molar-refractivity contribution >= 4 is 20.2 Å². The second-order valence-electron chi connectivity index (χ2n) is 11.3. The van der Waals surface area contributed by atoms with Gasteiger partial charge in [-0.1, -0.05) is 36.4 Å². The van der Waals surface area contributed by atoms with Crippen molar-refractivity contribution in [3.63, 3.8) is 0 Å². The van der Waals surface area contributed by atoms with E-state index in [1.165, 1.54) is 0 Å². The van der Waals surface area contributed by atoms with Gasteiger partial charge in [0.2, 0.25) is 0 Å². The molecule has 24 heteroatoms. The number of hydrogen-bond donors (Lipinski definition) is 2. The van der Waals surface area contributed by atoms with E-state index in [-0.39, 0.29) is 56.9 Å². The van der Waals surface area contributed by atoms with E-state index in [9.17, 15) is 26.3 Å². The van der Waals surface area contributed by atoms with Crippen LogP contribution in [0.25, 0.3) is 0 Å². The van der Waals surface area contributed by atoms with Crippen molar-refractivity contribution in [1.82, 2.24) is 29.9 Å². The van der Waals surface area contributed by atoms with Crippen LogP contribution in [0.2, 0.25) is 0 Å². The van der Waals surface area contributed by atoms with Crippen molar-refractivity contribution in [2.45, 2.75) is 35.7 Å². The minimum atomic E-state index is -5.84. The largest absolute Gasteiger partial charge is 0.522 e. The fraction of sp³-hybridized carbons (Fsp3) is 0.167. The number of halogens is 6. The number of hydrogen-bond acceptors (Lipinski definition) is 10. The van der Waals surface area contributed by atoms with Crippen LogP contribution in [0.1, 0.15) is 57.4 Å². The van der Waals surface area contributed by atoms with E-state index in [1.807, 2.05) is 97.6 Å². The number of aryl methyl sites for hydroxylation is 2. The van der Waals surface area contributed by atoms with E-state index >= 15 is 0 Å². The molecule has 0 fully saturated rings. The molecule has 6 rings (SSSR count). The smallest absolute Gasteiger partial charge is 0.412 e. The molecule has 6 N–H and O–H groups in total. The van der Waals surface area contributed by atoms with E-state index in [2.05, 4.69) is 56.3 Å². The molecule has 0 aliphatic carbocycles. The van der Waals surface area contributed by atoms with Crippen LogP contribution < -0.4 is 0 Å². The molecule has 0 bridgehead atoms. The maximum Gasteiger partial charge on any atom is 0.522 e. The molecule has 6 aromatic rings. The van der Waals surface area contributed by atoms with Crippen LogP contribution in [0.4, 0.5) is 26.3 Å². The molecule has 0 amide bonds. The van der Waals surface area contributed by atoms with Gasteiger partial charge >= 0.3 is 31.3 Å². The molecule has 6 heterocycles. The normalized spacial score (nSPS) is 11.2. The molecule has 0 saturated heterocycles. The summed E-state index contributed by atoms with van der Waals surface area (Å²) < 4.78 is 115. The van der Waals surface area contributed by atoms with Crippen LogP contribution in [-0.2, 0) is 67.2 Å². The van der Waals surface area contributed by atoms with Crippen LogP contribution in [0, 0.1) is 0 Å². The zero-order chi connectivity index (χ0) is 41.0. The predicted octanol–water partition coefficient (Wildman–Crippen LogP) is 5.34. The van der Waals surface area contributed by atoms with Crippen molar-refractivity contribution in [3.8, 4) is 0 Å². The molecule has 0 saturated carbocycles. The van der Waals surface area contributed by atoms with Crippen molar-refractivity contribution in [1.29, 1.82) is 0 Å². The first-order chi connectivity index (χ1) is 26.3. The quantitative estimate of drug-likeness (QED) is 0.0807. The molecule has 0 spiro atoms. The third-order valence-corrected chi connectivity index (χ3v) is 8.57. The molecule has 2 radical (unpaired) electrons. The van der Waals surface area contributed by atoms with Crippen LogP contribution in [-0.4, -0.2) is 77.8 Å². The summed E-state index contributed by atoms with van der Waals surface area (Å²) in [7, 11) is -11.7. The standard InChI is InChI=1S/C34H28N6.2CHF3O3S.2Cu.2H2O/c1-5-21-35-27(13-1)33(28-14-2-6-22-36-28)31-17-9-11-25(39-31)19-20-26-12-10-18-32(40-26)34(29-15-3-7-23-37-29)30-16-4-8-24-38-30;2*2-1(3,4)8(5,6)7;;;;/h1-18,21-24,33-34H,19-20H2;2*(H,5,6,7);;;2*1H2. The van der Waals surface area contributed by atoms with E-state index in [1.54, 1.807) is 0 Å². The average Bonchev–Trinajstić information content (AvgIpc) is 3.15. The third-order valence-electron chi connectivity index (χ3n) is 7.40. The number of pyridine rings is 6. The zero-order valence-corrected chi connectivity index (χ0v) is 33.7. The van der Waals surface area contributed by atoms with E-state index in [4.69, 9.17) is 35.9 Å². The number of alkyl halides is 6. The predicted molar refractivity (Wildman–Crippen MR) is 197 cm³/mol. The molecule has 0 aliphatic rings. The van der Waals surface area contributed by atoms with Crippen molar-refractivity contribution in [2.24, 2.45) is 0 Å². The summed E-state index contributed by atoms with van der Waals surface area (Å²) in [5, 5.41) is 0. The molecule has 14 nitrogen and oxygen atoms in total. The molecule has 0 unspecified atom stereocenters. The minimum absolute atomic E-state index is 0. The van der Waals surface area contributed by atoms with Gasteiger partial charge in [0, 0.05) is 70.3 Å². The Labute approximate surface area is 361 Å². The van der Waals surface area contributed by atoms with Gasteiger partial charge in [-0.05, 0) is 85.6 Å². The first-order valence-corrected chi connectivity index (χ1v) is 18.9. The summed E-state index contributed by atoms with van der Waals surface area (Å²) in [6.07, 6.45) is 8.79. The Morgan fingerprint density at radius 2 is 0.667 bits per heavy atom. The summed E-state index contributed by atoms with van der Waals surface area (Å²) in [5.41, 5.74) is -3.49. The van der Waals surface area contributed by atoms with Crippen molar-refractivity contribution in [3.05, 3.63) is 180 Å². The third kappa shape index (κ3) is 16.4.